The molecule has 1 aromatic heterocycles. The Kier molecular flexibility index (Phi) is 13.2. The molecular formula is C31H44Cl2N2O. The predicted molar refractivity (Wildman–Crippen MR) is 159 cm³/mol. The first-order valence-electron chi connectivity index (χ1n) is 13.5. The molecule has 1 heterocycles. The Morgan fingerprint density at radius 1 is 0.861 bits per heavy atom. The van der Waals surface area contributed by atoms with E-state index in [0.717, 1.165) is 46.4 Å². The van der Waals surface area contributed by atoms with E-state index in [1.165, 1.54) is 56.9 Å². The molecule has 0 fully saturated rings. The molecule has 1 N–H and O–H groups in total. The van der Waals surface area contributed by atoms with Crippen molar-refractivity contribution in [2.24, 2.45) is 0 Å². The second-order valence-electron chi connectivity index (χ2n) is 10.0. The van der Waals surface area contributed by atoms with E-state index in [4.69, 9.17) is 16.6 Å². The van der Waals surface area contributed by atoms with Gasteiger partial charge in [0.25, 0.3) is 0 Å². The van der Waals surface area contributed by atoms with E-state index in [1.54, 1.807) is 0 Å². The van der Waals surface area contributed by atoms with Crippen LogP contribution in [-0.2, 0) is 0 Å². The van der Waals surface area contributed by atoms with Gasteiger partial charge in [-0.2, -0.15) is 0 Å². The number of benzene rings is 2. The van der Waals surface area contributed by atoms with E-state index in [9.17, 15) is 5.11 Å². The smallest absolute Gasteiger partial charge is 0.0924 e. The number of nitrogens with zero attached hydrogens (tertiary/aromatic N) is 2. The zero-order valence-corrected chi connectivity index (χ0v) is 24.1. The van der Waals surface area contributed by atoms with E-state index in [-0.39, 0.29) is 12.4 Å². The van der Waals surface area contributed by atoms with Crippen LogP contribution in [0.2, 0.25) is 5.02 Å². The summed E-state index contributed by atoms with van der Waals surface area (Å²) in [4.78, 5) is 7.49. The van der Waals surface area contributed by atoms with Crippen LogP contribution in [0.4, 0.5) is 0 Å². The predicted octanol–water partition coefficient (Wildman–Crippen LogP) is 9.09. The van der Waals surface area contributed by atoms with Crippen LogP contribution < -0.4 is 0 Å². The van der Waals surface area contributed by atoms with Crippen LogP contribution in [-0.4, -0.2) is 34.6 Å². The molecule has 0 aliphatic carbocycles. The minimum absolute atomic E-state index is 0. The Hall–Kier alpha value is -1.65. The summed E-state index contributed by atoms with van der Waals surface area (Å²) in [6.07, 6.45) is 9.39. The standard InChI is InChI=1S/C31H43ClN2O.ClH/c1-5-7-9-11-17-34(18-12-10-8-6-2)22-30(35)27-21-29(25-13-15-26(32)16-14-25)33-31-24(4)19-23(3)20-28(27)31;/h13-16,19-21,30,35H,5-12,17-18,22H2,1-4H3;1H. The lowest BCUT2D eigenvalue weighted by molar-refractivity contribution is 0.111. The van der Waals surface area contributed by atoms with Gasteiger partial charge < -0.3 is 10.0 Å². The maximum absolute atomic E-state index is 11.6. The van der Waals surface area contributed by atoms with Crippen molar-refractivity contribution in [2.75, 3.05) is 19.6 Å². The molecule has 3 nitrogen and oxygen atoms in total. The molecule has 0 bridgehead atoms. The summed E-state index contributed by atoms with van der Waals surface area (Å²) < 4.78 is 0. The third-order valence-corrected chi connectivity index (χ3v) is 7.12. The number of aromatic nitrogens is 1. The molecule has 5 heteroatoms. The lowest BCUT2D eigenvalue weighted by Crippen LogP contribution is -2.31. The third-order valence-electron chi connectivity index (χ3n) is 6.87. The van der Waals surface area contributed by atoms with Crippen molar-refractivity contribution in [3.05, 3.63) is 64.2 Å². The number of hydrogen-bond donors (Lipinski definition) is 1. The van der Waals surface area contributed by atoms with Crippen LogP contribution in [0.25, 0.3) is 22.2 Å². The minimum atomic E-state index is -0.565. The summed E-state index contributed by atoms with van der Waals surface area (Å²) in [7, 11) is 0. The van der Waals surface area contributed by atoms with E-state index in [1.807, 2.05) is 24.3 Å². The molecule has 0 spiro atoms. The highest BCUT2D eigenvalue weighted by Gasteiger charge is 2.19. The fourth-order valence-electron chi connectivity index (χ4n) is 4.91. The van der Waals surface area contributed by atoms with Crippen LogP contribution in [0, 0.1) is 13.8 Å². The quantitative estimate of drug-likeness (QED) is 0.211. The normalized spacial score (nSPS) is 12.2. The average molecular weight is 532 g/mol. The molecule has 36 heavy (non-hydrogen) atoms. The van der Waals surface area contributed by atoms with Crippen molar-refractivity contribution >= 4 is 34.9 Å². The van der Waals surface area contributed by atoms with Gasteiger partial charge in [0.05, 0.1) is 17.3 Å². The summed E-state index contributed by atoms with van der Waals surface area (Å²) in [6.45, 7) is 11.5. The molecule has 1 unspecified atom stereocenters. The first-order chi connectivity index (χ1) is 16.9. The Bertz CT molecular complexity index is 1060. The average Bonchev–Trinajstić information content (AvgIpc) is 2.84. The van der Waals surface area contributed by atoms with Crippen molar-refractivity contribution in [1.29, 1.82) is 0 Å². The molecule has 0 saturated carbocycles. The fraction of sp³-hybridized carbons (Fsp3) is 0.516. The maximum atomic E-state index is 11.6. The van der Waals surface area contributed by atoms with E-state index in [2.05, 4.69) is 50.8 Å². The van der Waals surface area contributed by atoms with Gasteiger partial charge >= 0.3 is 0 Å². The zero-order chi connectivity index (χ0) is 25.2. The van der Waals surface area contributed by atoms with E-state index in [0.29, 0.717) is 11.6 Å². The summed E-state index contributed by atoms with van der Waals surface area (Å²) in [5, 5.41) is 13.4. The van der Waals surface area contributed by atoms with Crippen LogP contribution in [0.5, 0.6) is 0 Å². The van der Waals surface area contributed by atoms with Gasteiger partial charge in [-0.05, 0) is 75.2 Å². The highest BCUT2D eigenvalue weighted by Crippen LogP contribution is 2.32. The number of aliphatic hydroxyl groups excluding tert-OH is 1. The van der Waals surface area contributed by atoms with Gasteiger partial charge in [0.15, 0.2) is 0 Å². The van der Waals surface area contributed by atoms with E-state index < -0.39 is 6.10 Å². The molecule has 1 atom stereocenters. The van der Waals surface area contributed by atoms with Gasteiger partial charge in [-0.15, -0.1) is 12.4 Å². The van der Waals surface area contributed by atoms with Crippen LogP contribution in [0.15, 0.2) is 42.5 Å². The van der Waals surface area contributed by atoms with Crippen LogP contribution in [0.3, 0.4) is 0 Å². The van der Waals surface area contributed by atoms with Crippen molar-refractivity contribution in [2.45, 2.75) is 85.2 Å². The largest absolute Gasteiger partial charge is 0.387 e. The van der Waals surface area contributed by atoms with Crippen molar-refractivity contribution in [1.82, 2.24) is 9.88 Å². The zero-order valence-electron chi connectivity index (χ0n) is 22.5. The molecule has 2 aromatic carbocycles. The molecule has 0 amide bonds. The highest BCUT2D eigenvalue weighted by molar-refractivity contribution is 6.30. The second-order valence-corrected chi connectivity index (χ2v) is 10.5. The van der Waals surface area contributed by atoms with Gasteiger partial charge in [-0.1, -0.05) is 87.7 Å². The number of rotatable bonds is 14. The Morgan fingerprint density at radius 3 is 2.06 bits per heavy atom. The molecule has 0 radical (unpaired) electrons. The summed E-state index contributed by atoms with van der Waals surface area (Å²) >= 11 is 6.13. The Labute approximate surface area is 229 Å². The number of pyridine rings is 1. The Balaban J connectivity index is 0.00000456. The Morgan fingerprint density at radius 2 is 1.47 bits per heavy atom. The molecule has 198 valence electrons. The van der Waals surface area contributed by atoms with Gasteiger partial charge in [0.1, 0.15) is 0 Å². The lowest BCUT2D eigenvalue weighted by atomic mass is 9.96. The van der Waals surface area contributed by atoms with E-state index >= 15 is 0 Å². The van der Waals surface area contributed by atoms with Crippen LogP contribution >= 0.6 is 24.0 Å². The summed E-state index contributed by atoms with van der Waals surface area (Å²) in [5.41, 5.74) is 6.17. The molecule has 0 saturated heterocycles. The monoisotopic (exact) mass is 530 g/mol. The number of fused-ring (bicyclic) bond motifs is 1. The van der Waals surface area contributed by atoms with Gasteiger partial charge in [-0.25, -0.2) is 4.98 Å². The van der Waals surface area contributed by atoms with Gasteiger partial charge in [-0.3, -0.25) is 0 Å². The number of hydrogen-bond acceptors (Lipinski definition) is 3. The molecular weight excluding hydrogens is 487 g/mol. The number of halogens is 2. The van der Waals surface area contributed by atoms with Crippen molar-refractivity contribution < 1.29 is 5.11 Å². The number of aliphatic hydroxyl groups is 1. The molecule has 0 aliphatic rings. The minimum Gasteiger partial charge on any atom is -0.387 e. The van der Waals surface area contributed by atoms with Gasteiger partial charge in [0.2, 0.25) is 0 Å². The molecule has 3 aromatic rings. The number of aryl methyl sites for hydroxylation is 2. The van der Waals surface area contributed by atoms with Gasteiger partial charge in [0, 0.05) is 22.5 Å². The summed E-state index contributed by atoms with van der Waals surface area (Å²) in [5.74, 6) is 0. The molecule has 3 rings (SSSR count). The first-order valence-corrected chi connectivity index (χ1v) is 13.9. The topological polar surface area (TPSA) is 36.4 Å². The van der Waals surface area contributed by atoms with Crippen molar-refractivity contribution in [3.8, 4) is 11.3 Å². The summed E-state index contributed by atoms with van der Waals surface area (Å²) in [6, 6.07) is 14.2. The highest BCUT2D eigenvalue weighted by atomic mass is 35.5. The lowest BCUT2D eigenvalue weighted by Gasteiger charge is -2.26. The second kappa shape index (κ2) is 15.6. The SMILES string of the molecule is CCCCCCN(CCCCCC)CC(O)c1cc(-c2ccc(Cl)cc2)nc2c(C)cc(C)cc12.Cl. The van der Waals surface area contributed by atoms with Crippen molar-refractivity contribution in [3.63, 3.8) is 0 Å². The fourth-order valence-corrected chi connectivity index (χ4v) is 5.04. The first kappa shape index (κ1) is 30.6. The number of unbranched alkanes of at least 4 members (excludes halogenated alkanes) is 6. The van der Waals surface area contributed by atoms with Crippen LogP contribution in [0.1, 0.15) is 88.0 Å². The third kappa shape index (κ3) is 8.73. The molecule has 0 aliphatic heterocycles. The maximum Gasteiger partial charge on any atom is 0.0924 e.